The highest BCUT2D eigenvalue weighted by Gasteiger charge is 2.28. The quantitative estimate of drug-likeness (QED) is 0.337. The highest BCUT2D eigenvalue weighted by Crippen LogP contribution is 2.33. The lowest BCUT2D eigenvalue weighted by Gasteiger charge is -2.30. The zero-order chi connectivity index (χ0) is 26.9. The van der Waals surface area contributed by atoms with E-state index in [9.17, 15) is 14.0 Å². The van der Waals surface area contributed by atoms with Crippen LogP contribution in [0.3, 0.4) is 0 Å². The number of amides is 1. The molecule has 0 radical (unpaired) electrons. The van der Waals surface area contributed by atoms with E-state index in [-0.39, 0.29) is 23.8 Å². The van der Waals surface area contributed by atoms with Gasteiger partial charge in [-0.2, -0.15) is 11.8 Å². The molecular formula is C28H33FN4O3S2. The Morgan fingerprint density at radius 1 is 1.29 bits per heavy atom. The second-order valence-corrected chi connectivity index (χ2v) is 11.4. The standard InChI is InChI=1S/C28H33FN4O3S2/c1-32-14-9-22(10-15-32)36-28(35)25(11-17-37-2)31-27(34)26-24(20-5-7-21(29)8-6-20)18-23(38-26)4-3-13-33-16-12-30-19-33/h3-8,12,16,18-19,22,25H,9-11,13-15,17H2,1-2H3,(H,31,34)/t25-/m0/s1. The number of benzene rings is 1. The van der Waals surface area contributed by atoms with Crippen LogP contribution in [0.15, 0.2) is 55.1 Å². The summed E-state index contributed by atoms with van der Waals surface area (Å²) in [7, 11) is 2.06. The summed E-state index contributed by atoms with van der Waals surface area (Å²) in [4.78, 5) is 34.3. The minimum Gasteiger partial charge on any atom is -0.461 e. The fourth-order valence-corrected chi connectivity index (χ4v) is 5.73. The summed E-state index contributed by atoms with van der Waals surface area (Å²) < 4.78 is 21.4. The number of ether oxygens (including phenoxy) is 1. The summed E-state index contributed by atoms with van der Waals surface area (Å²) in [5.74, 6) is -0.355. The number of rotatable bonds is 11. The number of aromatic nitrogens is 2. The van der Waals surface area contributed by atoms with Gasteiger partial charge in [-0.05, 0) is 68.2 Å². The van der Waals surface area contributed by atoms with E-state index in [1.54, 1.807) is 36.4 Å². The van der Waals surface area contributed by atoms with Crippen LogP contribution in [-0.2, 0) is 16.1 Å². The molecule has 0 aliphatic carbocycles. The molecule has 1 aromatic carbocycles. The lowest BCUT2D eigenvalue weighted by molar-refractivity contribution is -0.153. The number of allylic oxidation sites excluding steroid dienone is 1. The van der Waals surface area contributed by atoms with Gasteiger partial charge in [0.25, 0.3) is 5.91 Å². The second-order valence-electron chi connectivity index (χ2n) is 9.31. The van der Waals surface area contributed by atoms with Crippen LogP contribution in [0.25, 0.3) is 17.2 Å². The van der Waals surface area contributed by atoms with Crippen molar-refractivity contribution in [2.45, 2.75) is 38.0 Å². The number of piperidine rings is 1. The first-order valence-corrected chi connectivity index (χ1v) is 14.8. The Labute approximate surface area is 231 Å². The summed E-state index contributed by atoms with van der Waals surface area (Å²) in [6.07, 6.45) is 13.2. The largest absolute Gasteiger partial charge is 0.461 e. The number of thiophene rings is 1. The van der Waals surface area contributed by atoms with Crippen LogP contribution in [0.2, 0.25) is 0 Å². The summed E-state index contributed by atoms with van der Waals surface area (Å²) in [5, 5.41) is 2.94. The molecule has 2 aromatic heterocycles. The number of imidazole rings is 1. The maximum Gasteiger partial charge on any atom is 0.328 e. The van der Waals surface area contributed by atoms with Crippen LogP contribution in [0.1, 0.15) is 33.8 Å². The van der Waals surface area contributed by atoms with Crippen molar-refractivity contribution in [1.82, 2.24) is 19.8 Å². The smallest absolute Gasteiger partial charge is 0.328 e. The van der Waals surface area contributed by atoms with E-state index in [1.807, 2.05) is 35.2 Å². The molecule has 1 aliphatic heterocycles. The second kappa shape index (κ2) is 13.7. The SMILES string of the molecule is CSCC[C@H](NC(=O)c1sc(C=CCn2ccnc2)cc1-c1ccc(F)cc1)C(=O)OC1CCN(C)CC1. The molecule has 7 nitrogen and oxygen atoms in total. The Balaban J connectivity index is 1.53. The normalized spacial score (nSPS) is 15.6. The van der Waals surface area contributed by atoms with E-state index >= 15 is 0 Å². The number of likely N-dealkylation sites (tertiary alicyclic amines) is 1. The van der Waals surface area contributed by atoms with Gasteiger partial charge < -0.3 is 19.5 Å². The third-order valence-corrected chi connectivity index (χ3v) is 8.16. The van der Waals surface area contributed by atoms with Gasteiger partial charge in [-0.15, -0.1) is 11.3 Å². The van der Waals surface area contributed by atoms with E-state index in [4.69, 9.17) is 4.74 Å². The van der Waals surface area contributed by atoms with E-state index in [1.165, 1.54) is 23.5 Å². The van der Waals surface area contributed by atoms with Gasteiger partial charge in [0.1, 0.15) is 22.8 Å². The molecule has 202 valence electrons. The maximum absolute atomic E-state index is 13.6. The maximum atomic E-state index is 13.6. The predicted molar refractivity (Wildman–Crippen MR) is 152 cm³/mol. The minimum absolute atomic E-state index is 0.129. The topological polar surface area (TPSA) is 76.5 Å². The molecule has 0 spiro atoms. The van der Waals surface area contributed by atoms with Crippen molar-refractivity contribution in [3.8, 4) is 11.1 Å². The van der Waals surface area contributed by atoms with E-state index < -0.39 is 6.04 Å². The lowest BCUT2D eigenvalue weighted by Crippen LogP contribution is -2.44. The van der Waals surface area contributed by atoms with Gasteiger partial charge in [0.2, 0.25) is 0 Å². The third-order valence-electron chi connectivity index (χ3n) is 6.42. The average Bonchev–Trinajstić information content (AvgIpc) is 3.59. The van der Waals surface area contributed by atoms with Crippen LogP contribution in [0.4, 0.5) is 4.39 Å². The monoisotopic (exact) mass is 556 g/mol. The lowest BCUT2D eigenvalue weighted by atomic mass is 10.1. The van der Waals surface area contributed by atoms with Crippen molar-refractivity contribution >= 4 is 41.1 Å². The van der Waals surface area contributed by atoms with E-state index in [0.29, 0.717) is 29.2 Å². The van der Waals surface area contributed by atoms with Crippen LogP contribution >= 0.6 is 23.1 Å². The molecular weight excluding hydrogens is 523 g/mol. The minimum atomic E-state index is -0.738. The zero-order valence-corrected chi connectivity index (χ0v) is 23.3. The number of hydrogen-bond acceptors (Lipinski definition) is 7. The molecule has 1 amide bonds. The van der Waals surface area contributed by atoms with Gasteiger partial charge >= 0.3 is 5.97 Å². The number of thioether (sulfide) groups is 1. The van der Waals surface area contributed by atoms with Gasteiger partial charge in [0.15, 0.2) is 0 Å². The van der Waals surface area contributed by atoms with Crippen LogP contribution in [0.5, 0.6) is 0 Å². The van der Waals surface area contributed by atoms with Crippen molar-refractivity contribution in [2.24, 2.45) is 0 Å². The molecule has 1 N–H and O–H groups in total. The highest BCUT2D eigenvalue weighted by atomic mass is 32.2. The Hall–Kier alpha value is -2.95. The number of nitrogens with zero attached hydrogens (tertiary/aromatic N) is 3. The summed E-state index contributed by atoms with van der Waals surface area (Å²) in [6.45, 7) is 2.41. The first-order valence-electron chi connectivity index (χ1n) is 12.6. The molecule has 38 heavy (non-hydrogen) atoms. The molecule has 3 heterocycles. The number of hydrogen-bond donors (Lipinski definition) is 1. The van der Waals surface area contributed by atoms with E-state index in [0.717, 1.165) is 36.4 Å². The van der Waals surface area contributed by atoms with Crippen LogP contribution < -0.4 is 5.32 Å². The van der Waals surface area contributed by atoms with Crippen LogP contribution in [-0.4, -0.2) is 70.6 Å². The van der Waals surface area contributed by atoms with Gasteiger partial charge in [0, 0.05) is 42.5 Å². The van der Waals surface area contributed by atoms with Crippen molar-refractivity contribution in [2.75, 3.05) is 32.1 Å². The van der Waals surface area contributed by atoms with Crippen molar-refractivity contribution < 1.29 is 18.7 Å². The molecule has 1 atom stereocenters. The van der Waals surface area contributed by atoms with Gasteiger partial charge in [-0.25, -0.2) is 14.2 Å². The molecule has 0 saturated carbocycles. The highest BCUT2D eigenvalue weighted by molar-refractivity contribution is 7.98. The molecule has 1 aliphatic rings. The zero-order valence-electron chi connectivity index (χ0n) is 21.6. The number of carbonyl (C=O) groups excluding carboxylic acids is 2. The summed E-state index contributed by atoms with van der Waals surface area (Å²) in [5.41, 5.74) is 1.43. The predicted octanol–water partition coefficient (Wildman–Crippen LogP) is 4.95. The Bertz CT molecular complexity index is 1220. The number of halogens is 1. The number of esters is 1. The molecule has 3 aromatic rings. The van der Waals surface area contributed by atoms with Gasteiger partial charge in [0.05, 0.1) is 6.33 Å². The van der Waals surface area contributed by atoms with Crippen molar-refractivity contribution in [3.63, 3.8) is 0 Å². The van der Waals surface area contributed by atoms with Crippen LogP contribution in [0, 0.1) is 5.82 Å². The van der Waals surface area contributed by atoms with Crippen molar-refractivity contribution in [3.05, 3.63) is 70.7 Å². The third kappa shape index (κ3) is 7.78. The van der Waals surface area contributed by atoms with E-state index in [2.05, 4.69) is 22.2 Å². The molecule has 4 rings (SSSR count). The first-order chi connectivity index (χ1) is 18.4. The van der Waals surface area contributed by atoms with Crippen molar-refractivity contribution in [1.29, 1.82) is 0 Å². The molecule has 10 heteroatoms. The Kier molecular flexibility index (Phi) is 10.1. The van der Waals surface area contributed by atoms with Gasteiger partial charge in [-0.1, -0.05) is 18.2 Å². The molecule has 1 fully saturated rings. The summed E-state index contributed by atoms with van der Waals surface area (Å²) in [6, 6.07) is 7.26. The molecule has 1 saturated heterocycles. The molecule has 0 bridgehead atoms. The van der Waals surface area contributed by atoms with Gasteiger partial charge in [-0.3, -0.25) is 4.79 Å². The fourth-order valence-electron chi connectivity index (χ4n) is 4.25. The molecule has 0 unspecified atom stereocenters. The number of carbonyl (C=O) groups is 2. The first kappa shape index (κ1) is 28.1. The summed E-state index contributed by atoms with van der Waals surface area (Å²) >= 11 is 2.95. The average molecular weight is 557 g/mol. The Morgan fingerprint density at radius 3 is 2.74 bits per heavy atom. The fraction of sp³-hybridized carbons (Fsp3) is 0.393. The Morgan fingerprint density at radius 2 is 2.05 bits per heavy atom. The number of nitrogens with one attached hydrogen (secondary N) is 1.